The molecule has 0 aromatic carbocycles. The van der Waals surface area contributed by atoms with Gasteiger partial charge in [0, 0.05) is 29.7 Å². The number of nitrogens with one attached hydrogen (secondary N) is 2. The average Bonchev–Trinajstić information content (AvgIpc) is 3.23. The number of carbonyl (C=O) groups is 2. The van der Waals surface area contributed by atoms with Gasteiger partial charge in [-0.2, -0.15) is 0 Å². The molecule has 8 heteroatoms. The predicted molar refractivity (Wildman–Crippen MR) is 98.4 cm³/mol. The van der Waals surface area contributed by atoms with Crippen molar-refractivity contribution in [1.29, 1.82) is 0 Å². The van der Waals surface area contributed by atoms with E-state index in [9.17, 15) is 9.59 Å². The molecule has 7 nitrogen and oxygen atoms in total. The number of carbonyl (C=O) groups excluding carboxylic acids is 2. The first-order valence-corrected chi connectivity index (χ1v) is 9.42. The highest BCUT2D eigenvalue weighted by Gasteiger charge is 2.27. The quantitative estimate of drug-likeness (QED) is 0.805. The molecule has 2 aromatic heterocycles. The lowest BCUT2D eigenvalue weighted by atomic mass is 10.2. The Hall–Kier alpha value is -2.48. The van der Waals surface area contributed by atoms with Crippen LogP contribution in [0.2, 0.25) is 0 Å². The number of methoxy groups -OCH3 is 1. The number of aromatic nitrogens is 2. The van der Waals surface area contributed by atoms with Crippen molar-refractivity contribution in [3.8, 4) is 5.88 Å². The van der Waals surface area contributed by atoms with Crippen molar-refractivity contribution in [2.24, 2.45) is 0 Å². The Labute approximate surface area is 156 Å². The minimum atomic E-state index is -0.157. The van der Waals surface area contributed by atoms with Gasteiger partial charge in [0.05, 0.1) is 29.8 Å². The van der Waals surface area contributed by atoms with Crippen LogP contribution in [-0.4, -0.2) is 41.0 Å². The van der Waals surface area contributed by atoms with E-state index in [2.05, 4.69) is 20.6 Å². The van der Waals surface area contributed by atoms with E-state index in [1.807, 2.05) is 12.3 Å². The van der Waals surface area contributed by atoms with Crippen molar-refractivity contribution in [3.05, 3.63) is 40.0 Å². The zero-order valence-corrected chi connectivity index (χ0v) is 15.6. The van der Waals surface area contributed by atoms with Crippen LogP contribution in [0.25, 0.3) is 0 Å². The molecule has 0 radical (unpaired) electrons. The Morgan fingerprint density at radius 3 is 2.65 bits per heavy atom. The minimum absolute atomic E-state index is 0.0216. The summed E-state index contributed by atoms with van der Waals surface area (Å²) in [6.07, 6.45) is 4.23. The lowest BCUT2D eigenvalue weighted by Crippen LogP contribution is -2.37. The molecule has 2 atom stereocenters. The number of pyridine rings is 1. The molecule has 138 valence electrons. The Bertz CT molecular complexity index is 775. The highest BCUT2D eigenvalue weighted by Crippen LogP contribution is 2.20. The van der Waals surface area contributed by atoms with Crippen molar-refractivity contribution < 1.29 is 14.3 Å². The fourth-order valence-electron chi connectivity index (χ4n) is 3.08. The van der Waals surface area contributed by atoms with Crippen molar-refractivity contribution >= 4 is 23.2 Å². The summed E-state index contributed by atoms with van der Waals surface area (Å²) in [4.78, 5) is 32.8. The van der Waals surface area contributed by atoms with Gasteiger partial charge in [-0.3, -0.25) is 9.59 Å². The van der Waals surface area contributed by atoms with E-state index < -0.39 is 0 Å². The van der Waals surface area contributed by atoms with Crippen molar-refractivity contribution in [2.75, 3.05) is 7.11 Å². The molecule has 2 aromatic rings. The summed E-state index contributed by atoms with van der Waals surface area (Å²) >= 11 is 1.54. The lowest BCUT2D eigenvalue weighted by Gasteiger charge is -2.14. The second-order valence-electron chi connectivity index (χ2n) is 6.37. The molecule has 0 unspecified atom stereocenters. The number of amides is 2. The maximum absolute atomic E-state index is 12.3. The van der Waals surface area contributed by atoms with Crippen LogP contribution in [0.3, 0.4) is 0 Å². The number of thiazole rings is 1. The lowest BCUT2D eigenvalue weighted by molar-refractivity contribution is -0.121. The van der Waals surface area contributed by atoms with Gasteiger partial charge in [0.15, 0.2) is 0 Å². The molecule has 1 aliphatic rings. The van der Waals surface area contributed by atoms with Gasteiger partial charge in [-0.1, -0.05) is 0 Å². The van der Waals surface area contributed by atoms with E-state index in [0.717, 1.165) is 30.0 Å². The number of hydrogen-bond donors (Lipinski definition) is 2. The zero-order valence-electron chi connectivity index (χ0n) is 14.8. The Kier molecular flexibility index (Phi) is 5.82. The molecular weight excluding hydrogens is 352 g/mol. The maximum Gasteiger partial charge on any atom is 0.253 e. The predicted octanol–water partition coefficient (Wildman–Crippen LogP) is 1.86. The van der Waals surface area contributed by atoms with Crippen LogP contribution in [0.5, 0.6) is 5.88 Å². The number of hydrogen-bond acceptors (Lipinski definition) is 6. The first kappa shape index (κ1) is 18.3. The van der Waals surface area contributed by atoms with Crippen LogP contribution in [0, 0.1) is 6.92 Å². The van der Waals surface area contributed by atoms with Gasteiger partial charge in [-0.25, -0.2) is 9.97 Å². The summed E-state index contributed by atoms with van der Waals surface area (Å²) < 4.78 is 4.99. The smallest absolute Gasteiger partial charge is 0.253 e. The molecule has 2 N–H and O–H groups in total. The standard InChI is InChI=1S/C18H22N4O3S/c1-11-20-15(10-26-11)8-16(23)21-13-4-5-14(7-13)22-18(24)12-3-6-17(25-2)19-9-12/h3,6,9-10,13-14H,4-5,7-8H2,1-2H3,(H,21,23)(H,22,24)/t13-,14+/m1/s1. The Morgan fingerprint density at radius 1 is 1.27 bits per heavy atom. The van der Waals surface area contributed by atoms with E-state index in [-0.39, 0.29) is 23.9 Å². The molecule has 0 saturated heterocycles. The molecule has 1 saturated carbocycles. The highest BCUT2D eigenvalue weighted by atomic mass is 32.1. The van der Waals surface area contributed by atoms with Crippen molar-refractivity contribution in [2.45, 2.75) is 44.7 Å². The molecule has 2 amide bonds. The molecule has 1 aliphatic carbocycles. The van der Waals surface area contributed by atoms with Gasteiger partial charge < -0.3 is 15.4 Å². The van der Waals surface area contributed by atoms with Crippen LogP contribution in [0.4, 0.5) is 0 Å². The third-order valence-electron chi connectivity index (χ3n) is 4.35. The second-order valence-corrected chi connectivity index (χ2v) is 7.43. The topological polar surface area (TPSA) is 93.2 Å². The summed E-state index contributed by atoms with van der Waals surface area (Å²) in [7, 11) is 1.53. The van der Waals surface area contributed by atoms with Crippen molar-refractivity contribution in [1.82, 2.24) is 20.6 Å². The number of nitrogens with zero attached hydrogens (tertiary/aromatic N) is 2. The molecule has 1 fully saturated rings. The molecule has 26 heavy (non-hydrogen) atoms. The number of rotatable bonds is 6. The normalized spacial score (nSPS) is 19.2. The highest BCUT2D eigenvalue weighted by molar-refractivity contribution is 7.09. The van der Waals surface area contributed by atoms with Gasteiger partial charge in [-0.05, 0) is 32.3 Å². The monoisotopic (exact) mass is 374 g/mol. The third kappa shape index (κ3) is 4.78. The van der Waals surface area contributed by atoms with Gasteiger partial charge in [0.1, 0.15) is 0 Å². The van der Waals surface area contributed by atoms with E-state index >= 15 is 0 Å². The first-order valence-electron chi connectivity index (χ1n) is 8.54. The first-order chi connectivity index (χ1) is 12.5. The van der Waals surface area contributed by atoms with Crippen LogP contribution in [0.1, 0.15) is 40.3 Å². The van der Waals surface area contributed by atoms with Crippen LogP contribution in [-0.2, 0) is 11.2 Å². The molecular formula is C18H22N4O3S. The van der Waals surface area contributed by atoms with E-state index in [1.165, 1.54) is 13.3 Å². The second kappa shape index (κ2) is 8.27. The summed E-state index contributed by atoms with van der Waals surface area (Å²) in [5, 5.41) is 8.92. The molecule has 2 heterocycles. The average molecular weight is 374 g/mol. The van der Waals surface area contributed by atoms with Crippen molar-refractivity contribution in [3.63, 3.8) is 0 Å². The third-order valence-corrected chi connectivity index (χ3v) is 5.17. The SMILES string of the molecule is COc1ccc(C(=O)N[C@H]2CC[C@@H](NC(=O)Cc3csc(C)n3)C2)cn1. The van der Waals surface area contributed by atoms with E-state index in [0.29, 0.717) is 17.9 Å². The maximum atomic E-state index is 12.3. The molecule has 3 rings (SSSR count). The van der Waals surface area contributed by atoms with Gasteiger partial charge in [0.2, 0.25) is 11.8 Å². The fraction of sp³-hybridized carbons (Fsp3) is 0.444. The largest absolute Gasteiger partial charge is 0.481 e. The van der Waals surface area contributed by atoms with Crippen LogP contribution in [0.15, 0.2) is 23.7 Å². The van der Waals surface area contributed by atoms with E-state index in [1.54, 1.807) is 23.5 Å². The van der Waals surface area contributed by atoms with Crippen LogP contribution >= 0.6 is 11.3 Å². The summed E-state index contributed by atoms with van der Waals surface area (Å²) in [6.45, 7) is 1.93. The fourth-order valence-corrected chi connectivity index (χ4v) is 3.69. The summed E-state index contributed by atoms with van der Waals surface area (Å²) in [5.74, 6) is 0.294. The minimum Gasteiger partial charge on any atom is -0.481 e. The number of aryl methyl sites for hydroxylation is 1. The Balaban J connectivity index is 1.45. The summed E-state index contributed by atoms with van der Waals surface area (Å²) in [5.41, 5.74) is 1.30. The zero-order chi connectivity index (χ0) is 18.5. The molecule has 0 bridgehead atoms. The van der Waals surface area contributed by atoms with Gasteiger partial charge in [-0.15, -0.1) is 11.3 Å². The Morgan fingerprint density at radius 2 is 2.04 bits per heavy atom. The van der Waals surface area contributed by atoms with Crippen LogP contribution < -0.4 is 15.4 Å². The number of ether oxygens (including phenoxy) is 1. The van der Waals surface area contributed by atoms with Gasteiger partial charge >= 0.3 is 0 Å². The summed E-state index contributed by atoms with van der Waals surface area (Å²) in [6, 6.07) is 3.48. The molecule has 0 spiro atoms. The van der Waals surface area contributed by atoms with Gasteiger partial charge in [0.25, 0.3) is 5.91 Å². The molecule has 0 aliphatic heterocycles. The van der Waals surface area contributed by atoms with E-state index in [4.69, 9.17) is 4.74 Å².